The van der Waals surface area contributed by atoms with Gasteiger partial charge in [-0.3, -0.25) is 14.4 Å². The first kappa shape index (κ1) is 56.3. The maximum Gasteiger partial charge on any atom is 0.306 e. The summed E-state index contributed by atoms with van der Waals surface area (Å²) in [5.41, 5.74) is 0. The molecule has 0 aliphatic heterocycles. The number of rotatable bonds is 42. The second-order valence-electron chi connectivity index (χ2n) is 15.6. The number of hydrogen-bond acceptors (Lipinski definition) is 6. The molecule has 0 heterocycles. The molecule has 0 saturated carbocycles. The van der Waals surface area contributed by atoms with Crippen LogP contribution >= 0.6 is 0 Å². The van der Waals surface area contributed by atoms with Crippen LogP contribution in [0.3, 0.4) is 0 Å². The van der Waals surface area contributed by atoms with Crippen LogP contribution in [0.15, 0.2) is 97.2 Å². The summed E-state index contributed by atoms with van der Waals surface area (Å²) in [6.45, 7) is 6.23. The quantitative estimate of drug-likeness (QED) is 0.0264. The second-order valence-corrected chi connectivity index (χ2v) is 15.6. The Morgan fingerprint density at radius 2 is 0.600 bits per heavy atom. The van der Waals surface area contributed by atoms with Crippen molar-refractivity contribution in [1.29, 1.82) is 0 Å². The Labute approximate surface area is 368 Å². The summed E-state index contributed by atoms with van der Waals surface area (Å²) in [4.78, 5) is 37.8. The van der Waals surface area contributed by atoms with Crippen molar-refractivity contribution in [2.75, 3.05) is 13.2 Å². The van der Waals surface area contributed by atoms with E-state index in [2.05, 4.69) is 118 Å². The average molecular weight is 833 g/mol. The summed E-state index contributed by atoms with van der Waals surface area (Å²) in [6.07, 6.45) is 62.6. The molecule has 60 heavy (non-hydrogen) atoms. The number of ether oxygens (including phenoxy) is 3. The van der Waals surface area contributed by atoms with Crippen LogP contribution in [0.25, 0.3) is 0 Å². The van der Waals surface area contributed by atoms with Crippen LogP contribution in [0.1, 0.15) is 207 Å². The van der Waals surface area contributed by atoms with Gasteiger partial charge in [0.05, 0.1) is 0 Å². The van der Waals surface area contributed by atoms with Gasteiger partial charge in [-0.05, 0) is 109 Å². The van der Waals surface area contributed by atoms with Crippen LogP contribution in [0.5, 0.6) is 0 Å². The third-order valence-electron chi connectivity index (χ3n) is 9.81. The normalized spacial score (nSPS) is 12.9. The molecule has 1 atom stereocenters. The average Bonchev–Trinajstić information content (AvgIpc) is 3.24. The lowest BCUT2D eigenvalue weighted by molar-refractivity contribution is -0.167. The third kappa shape index (κ3) is 45.4. The molecule has 0 fully saturated rings. The molecule has 0 amide bonds. The van der Waals surface area contributed by atoms with E-state index in [1.807, 2.05) is 0 Å². The molecule has 0 aromatic heterocycles. The zero-order chi connectivity index (χ0) is 43.7. The molecule has 0 saturated heterocycles. The van der Waals surface area contributed by atoms with E-state index in [9.17, 15) is 14.4 Å². The zero-order valence-corrected chi connectivity index (χ0v) is 38.7. The smallest absolute Gasteiger partial charge is 0.306 e. The first-order chi connectivity index (χ1) is 29.5. The number of esters is 3. The van der Waals surface area contributed by atoms with Gasteiger partial charge in [0, 0.05) is 19.3 Å². The number of unbranched alkanes of at least 4 members (excludes halogenated alkanes) is 15. The molecule has 0 aromatic carbocycles. The molecule has 0 bridgehead atoms. The number of carbonyl (C=O) groups is 3. The van der Waals surface area contributed by atoms with Gasteiger partial charge in [0.2, 0.25) is 0 Å². The van der Waals surface area contributed by atoms with Crippen molar-refractivity contribution in [3.05, 3.63) is 97.2 Å². The molecule has 0 radical (unpaired) electrons. The fraction of sp³-hybridized carbons (Fsp3) is 0.648. The molecule has 6 nitrogen and oxygen atoms in total. The van der Waals surface area contributed by atoms with Gasteiger partial charge < -0.3 is 14.2 Å². The molecular weight excluding hydrogens is 745 g/mol. The van der Waals surface area contributed by atoms with E-state index in [-0.39, 0.29) is 31.1 Å². The highest BCUT2D eigenvalue weighted by Gasteiger charge is 2.19. The van der Waals surface area contributed by atoms with E-state index in [1.165, 1.54) is 38.5 Å². The maximum atomic E-state index is 12.7. The summed E-state index contributed by atoms with van der Waals surface area (Å²) in [5, 5.41) is 0. The Balaban J connectivity index is 4.39. The molecule has 0 aliphatic carbocycles. The van der Waals surface area contributed by atoms with Gasteiger partial charge in [-0.2, -0.15) is 0 Å². The first-order valence-electron chi connectivity index (χ1n) is 24.2. The summed E-state index contributed by atoms with van der Waals surface area (Å²) < 4.78 is 16.7. The van der Waals surface area contributed by atoms with E-state index in [4.69, 9.17) is 14.2 Å². The topological polar surface area (TPSA) is 78.9 Å². The van der Waals surface area contributed by atoms with Crippen molar-refractivity contribution < 1.29 is 28.6 Å². The number of allylic oxidation sites excluding steroid dienone is 16. The minimum Gasteiger partial charge on any atom is -0.462 e. The molecule has 0 aliphatic rings. The zero-order valence-electron chi connectivity index (χ0n) is 38.7. The van der Waals surface area contributed by atoms with Crippen molar-refractivity contribution >= 4 is 17.9 Å². The van der Waals surface area contributed by atoms with E-state index in [0.717, 1.165) is 128 Å². The minimum absolute atomic E-state index is 0.100. The number of hydrogen-bond donors (Lipinski definition) is 0. The first-order valence-corrected chi connectivity index (χ1v) is 24.2. The SMILES string of the molecule is CC/C=C\C/C=C\C/C=C\C/C=C\CCCCCCCCC(=O)OCC(COC(=O)CCCC/C=C\C/C=C\CC)OC(=O)CCCCCCCCC/C=C\C/C=C\CC. The maximum absolute atomic E-state index is 12.7. The van der Waals surface area contributed by atoms with E-state index >= 15 is 0 Å². The monoisotopic (exact) mass is 833 g/mol. The number of carbonyl (C=O) groups excluding carboxylic acids is 3. The van der Waals surface area contributed by atoms with Crippen molar-refractivity contribution in [1.82, 2.24) is 0 Å². The van der Waals surface area contributed by atoms with E-state index in [0.29, 0.717) is 19.3 Å². The van der Waals surface area contributed by atoms with Gasteiger partial charge in [0.15, 0.2) is 6.10 Å². The van der Waals surface area contributed by atoms with Crippen LogP contribution in [-0.4, -0.2) is 37.2 Å². The molecule has 0 N–H and O–H groups in total. The standard InChI is InChI=1S/C54H88O6/c1-4-7-10-13-16-19-21-23-25-26-27-28-29-31-32-35-38-41-44-47-53(56)59-50-51(49-58-52(55)46-43-40-37-34-18-15-12-9-6-3)60-54(57)48-45-42-39-36-33-30-24-22-20-17-14-11-8-5-2/h7-12,16-20,23,25,27-28,34,51H,4-6,13-15,21-22,24,26,29-33,35-50H2,1-3H3/b10-7-,11-8-,12-9-,19-16-,20-17-,25-23-,28-27-,34-18-. The van der Waals surface area contributed by atoms with Gasteiger partial charge >= 0.3 is 17.9 Å². The summed E-state index contributed by atoms with van der Waals surface area (Å²) >= 11 is 0. The van der Waals surface area contributed by atoms with Gasteiger partial charge in [0.1, 0.15) is 13.2 Å². The Morgan fingerprint density at radius 3 is 0.967 bits per heavy atom. The summed E-state index contributed by atoms with van der Waals surface area (Å²) in [5.74, 6) is -0.967. The molecule has 0 aromatic rings. The largest absolute Gasteiger partial charge is 0.462 e. The lowest BCUT2D eigenvalue weighted by Gasteiger charge is -2.18. The fourth-order valence-corrected chi connectivity index (χ4v) is 6.27. The van der Waals surface area contributed by atoms with Crippen LogP contribution in [0.2, 0.25) is 0 Å². The van der Waals surface area contributed by atoms with Crippen LogP contribution in [0, 0.1) is 0 Å². The molecule has 0 spiro atoms. The van der Waals surface area contributed by atoms with Gasteiger partial charge in [-0.1, -0.05) is 176 Å². The van der Waals surface area contributed by atoms with Crippen LogP contribution < -0.4 is 0 Å². The summed E-state index contributed by atoms with van der Waals surface area (Å²) in [6, 6.07) is 0. The third-order valence-corrected chi connectivity index (χ3v) is 9.81. The fourth-order valence-electron chi connectivity index (χ4n) is 6.27. The van der Waals surface area contributed by atoms with Gasteiger partial charge in [0.25, 0.3) is 0 Å². The Hall–Kier alpha value is -3.67. The lowest BCUT2D eigenvalue weighted by atomic mass is 10.1. The Kier molecular flexibility index (Phi) is 45.1. The predicted molar refractivity (Wildman–Crippen MR) is 256 cm³/mol. The summed E-state index contributed by atoms with van der Waals surface area (Å²) in [7, 11) is 0. The van der Waals surface area contributed by atoms with Gasteiger partial charge in [-0.25, -0.2) is 0 Å². The van der Waals surface area contributed by atoms with Gasteiger partial charge in [-0.15, -0.1) is 0 Å². The minimum atomic E-state index is -0.800. The van der Waals surface area contributed by atoms with Crippen molar-refractivity contribution in [3.63, 3.8) is 0 Å². The lowest BCUT2D eigenvalue weighted by Crippen LogP contribution is -2.30. The van der Waals surface area contributed by atoms with Crippen molar-refractivity contribution in [3.8, 4) is 0 Å². The Morgan fingerprint density at radius 1 is 0.333 bits per heavy atom. The van der Waals surface area contributed by atoms with E-state index < -0.39 is 6.10 Å². The van der Waals surface area contributed by atoms with Crippen molar-refractivity contribution in [2.45, 2.75) is 213 Å². The molecule has 0 rings (SSSR count). The highest BCUT2D eigenvalue weighted by atomic mass is 16.6. The highest BCUT2D eigenvalue weighted by molar-refractivity contribution is 5.71. The molecule has 6 heteroatoms. The molecule has 340 valence electrons. The van der Waals surface area contributed by atoms with Crippen molar-refractivity contribution in [2.24, 2.45) is 0 Å². The van der Waals surface area contributed by atoms with Crippen LogP contribution in [0.4, 0.5) is 0 Å². The molecular formula is C54H88O6. The Bertz CT molecular complexity index is 1230. The molecule has 1 unspecified atom stereocenters. The van der Waals surface area contributed by atoms with Crippen LogP contribution in [-0.2, 0) is 28.6 Å². The highest BCUT2D eigenvalue weighted by Crippen LogP contribution is 2.13. The van der Waals surface area contributed by atoms with E-state index in [1.54, 1.807) is 0 Å². The predicted octanol–water partition coefficient (Wildman–Crippen LogP) is 15.8. The second kappa shape index (κ2) is 48.0.